The quantitative estimate of drug-likeness (QED) is 0.832. The van der Waals surface area contributed by atoms with Crippen LogP contribution in [-0.4, -0.2) is 11.2 Å². The molecule has 4 heteroatoms. The summed E-state index contributed by atoms with van der Waals surface area (Å²) >= 11 is 4.84. The van der Waals surface area contributed by atoms with Crippen molar-refractivity contribution >= 4 is 33.2 Å². The summed E-state index contributed by atoms with van der Waals surface area (Å²) in [5.74, 6) is 0.0312. The van der Waals surface area contributed by atoms with E-state index in [9.17, 15) is 4.79 Å². The average molecular weight is 262 g/mol. The SMILES string of the molecule is Cc1cc(CNC(=O)CBr)sc1C. The Hall–Kier alpha value is -0.350. The molecular formula is C9H12BrNOS. The lowest BCUT2D eigenvalue weighted by Gasteiger charge is -1.98. The fraction of sp³-hybridized carbons (Fsp3) is 0.444. The van der Waals surface area contributed by atoms with Gasteiger partial charge in [0.2, 0.25) is 5.91 Å². The fourth-order valence-corrected chi connectivity index (χ4v) is 2.16. The first-order valence-electron chi connectivity index (χ1n) is 4.02. The molecule has 1 aromatic heterocycles. The van der Waals surface area contributed by atoms with Crippen molar-refractivity contribution in [3.8, 4) is 0 Å². The molecule has 0 aliphatic rings. The standard InChI is InChI=1S/C9H12BrNOS/c1-6-3-8(13-7(6)2)5-11-9(12)4-10/h3H,4-5H2,1-2H3,(H,11,12). The molecule has 13 heavy (non-hydrogen) atoms. The van der Waals surface area contributed by atoms with E-state index in [1.54, 1.807) is 11.3 Å². The van der Waals surface area contributed by atoms with Gasteiger partial charge < -0.3 is 5.32 Å². The molecule has 0 aliphatic heterocycles. The van der Waals surface area contributed by atoms with Gasteiger partial charge in [-0.05, 0) is 25.5 Å². The van der Waals surface area contributed by atoms with Gasteiger partial charge in [0.25, 0.3) is 0 Å². The molecule has 0 fully saturated rings. The minimum atomic E-state index is 0.0312. The van der Waals surface area contributed by atoms with Crippen LogP contribution in [0.5, 0.6) is 0 Å². The molecule has 0 unspecified atom stereocenters. The molecule has 0 radical (unpaired) electrons. The van der Waals surface area contributed by atoms with Gasteiger partial charge >= 0.3 is 0 Å². The smallest absolute Gasteiger partial charge is 0.230 e. The van der Waals surface area contributed by atoms with Crippen LogP contribution in [0.1, 0.15) is 15.3 Å². The van der Waals surface area contributed by atoms with Crippen LogP contribution in [-0.2, 0) is 11.3 Å². The third-order valence-corrected chi connectivity index (χ3v) is 3.46. The van der Waals surface area contributed by atoms with E-state index in [2.05, 4.69) is 41.2 Å². The predicted molar refractivity (Wildman–Crippen MR) is 59.4 cm³/mol. The van der Waals surface area contributed by atoms with E-state index in [0.717, 1.165) is 0 Å². The highest BCUT2D eigenvalue weighted by molar-refractivity contribution is 9.09. The molecule has 0 spiro atoms. The summed E-state index contributed by atoms with van der Waals surface area (Å²) in [6.07, 6.45) is 0. The molecule has 2 nitrogen and oxygen atoms in total. The van der Waals surface area contributed by atoms with Crippen molar-refractivity contribution in [1.29, 1.82) is 0 Å². The minimum absolute atomic E-state index is 0.0312. The van der Waals surface area contributed by atoms with E-state index in [1.807, 2.05) is 0 Å². The number of hydrogen-bond acceptors (Lipinski definition) is 2. The van der Waals surface area contributed by atoms with Crippen molar-refractivity contribution in [2.24, 2.45) is 0 Å². The molecule has 1 heterocycles. The Kier molecular flexibility index (Phi) is 3.93. The summed E-state index contributed by atoms with van der Waals surface area (Å²) in [5, 5.41) is 3.19. The second-order valence-electron chi connectivity index (χ2n) is 2.86. The molecule has 0 atom stereocenters. The predicted octanol–water partition coefficient (Wildman–Crippen LogP) is 2.38. The van der Waals surface area contributed by atoms with Crippen LogP contribution in [0.4, 0.5) is 0 Å². The minimum Gasteiger partial charge on any atom is -0.350 e. The molecule has 72 valence electrons. The van der Waals surface area contributed by atoms with E-state index in [0.29, 0.717) is 11.9 Å². The molecule has 0 aliphatic carbocycles. The first-order chi connectivity index (χ1) is 6.13. The number of rotatable bonds is 3. The number of nitrogens with one attached hydrogen (secondary N) is 1. The monoisotopic (exact) mass is 261 g/mol. The van der Waals surface area contributed by atoms with Gasteiger partial charge in [0.1, 0.15) is 0 Å². The Labute approximate surface area is 90.5 Å². The third-order valence-electron chi connectivity index (χ3n) is 1.80. The summed E-state index contributed by atoms with van der Waals surface area (Å²) in [4.78, 5) is 13.5. The lowest BCUT2D eigenvalue weighted by atomic mass is 10.3. The van der Waals surface area contributed by atoms with Crippen molar-refractivity contribution in [3.63, 3.8) is 0 Å². The van der Waals surface area contributed by atoms with Gasteiger partial charge in [0.15, 0.2) is 0 Å². The van der Waals surface area contributed by atoms with Gasteiger partial charge in [-0.1, -0.05) is 15.9 Å². The zero-order chi connectivity index (χ0) is 9.84. The molecule has 0 saturated carbocycles. The van der Waals surface area contributed by atoms with E-state index in [1.165, 1.54) is 15.3 Å². The van der Waals surface area contributed by atoms with Crippen LogP contribution in [0.2, 0.25) is 0 Å². The molecule has 1 amide bonds. The summed E-state index contributed by atoms with van der Waals surface area (Å²) in [6, 6.07) is 2.12. The summed E-state index contributed by atoms with van der Waals surface area (Å²) in [5.41, 5.74) is 1.30. The first-order valence-corrected chi connectivity index (χ1v) is 5.96. The van der Waals surface area contributed by atoms with Crippen molar-refractivity contribution in [3.05, 3.63) is 21.4 Å². The highest BCUT2D eigenvalue weighted by Gasteiger charge is 2.02. The number of hydrogen-bond donors (Lipinski definition) is 1. The van der Waals surface area contributed by atoms with Crippen LogP contribution in [0.25, 0.3) is 0 Å². The van der Waals surface area contributed by atoms with E-state index < -0.39 is 0 Å². The van der Waals surface area contributed by atoms with Crippen LogP contribution < -0.4 is 5.32 Å². The second-order valence-corrected chi connectivity index (χ2v) is 4.76. The average Bonchev–Trinajstić information content (AvgIpc) is 2.42. The van der Waals surface area contributed by atoms with Gasteiger partial charge in [-0.15, -0.1) is 11.3 Å². The number of carbonyl (C=O) groups excluding carboxylic acids is 1. The van der Waals surface area contributed by atoms with E-state index >= 15 is 0 Å². The third kappa shape index (κ3) is 3.12. The van der Waals surface area contributed by atoms with Gasteiger partial charge in [-0.2, -0.15) is 0 Å². The molecule has 0 bridgehead atoms. The van der Waals surface area contributed by atoms with E-state index in [-0.39, 0.29) is 5.91 Å². The molecular weight excluding hydrogens is 250 g/mol. The molecule has 1 N–H and O–H groups in total. The highest BCUT2D eigenvalue weighted by Crippen LogP contribution is 2.20. The van der Waals surface area contributed by atoms with Crippen molar-refractivity contribution in [2.45, 2.75) is 20.4 Å². The Bertz CT molecular complexity index is 289. The maximum absolute atomic E-state index is 10.9. The number of carbonyl (C=O) groups is 1. The molecule has 0 aromatic carbocycles. The summed E-state index contributed by atoms with van der Waals surface area (Å²) < 4.78 is 0. The maximum Gasteiger partial charge on any atom is 0.230 e. The lowest BCUT2D eigenvalue weighted by Crippen LogP contribution is -2.22. The second kappa shape index (κ2) is 4.77. The zero-order valence-electron chi connectivity index (χ0n) is 7.69. The Morgan fingerprint density at radius 1 is 1.62 bits per heavy atom. The first kappa shape index (κ1) is 10.7. The molecule has 1 rings (SSSR count). The summed E-state index contributed by atoms with van der Waals surface area (Å²) in [7, 11) is 0. The van der Waals surface area contributed by atoms with Gasteiger partial charge in [-0.3, -0.25) is 4.79 Å². The zero-order valence-corrected chi connectivity index (χ0v) is 10.1. The highest BCUT2D eigenvalue weighted by atomic mass is 79.9. The normalized spacial score (nSPS) is 10.1. The number of amides is 1. The van der Waals surface area contributed by atoms with Crippen LogP contribution in [0.3, 0.4) is 0 Å². The van der Waals surface area contributed by atoms with Crippen LogP contribution in [0.15, 0.2) is 6.07 Å². The number of aryl methyl sites for hydroxylation is 2. The maximum atomic E-state index is 10.9. The van der Waals surface area contributed by atoms with Crippen molar-refractivity contribution < 1.29 is 4.79 Å². The van der Waals surface area contributed by atoms with E-state index in [4.69, 9.17) is 0 Å². The van der Waals surface area contributed by atoms with Gasteiger partial charge in [0, 0.05) is 9.75 Å². The van der Waals surface area contributed by atoms with Crippen LogP contribution >= 0.6 is 27.3 Å². The molecule has 1 aromatic rings. The Morgan fingerprint density at radius 2 is 2.31 bits per heavy atom. The molecule has 0 saturated heterocycles. The van der Waals surface area contributed by atoms with Gasteiger partial charge in [0.05, 0.1) is 11.9 Å². The van der Waals surface area contributed by atoms with Crippen molar-refractivity contribution in [2.75, 3.05) is 5.33 Å². The number of halogens is 1. The Morgan fingerprint density at radius 3 is 2.77 bits per heavy atom. The van der Waals surface area contributed by atoms with Gasteiger partial charge in [-0.25, -0.2) is 0 Å². The summed E-state index contributed by atoms with van der Waals surface area (Å²) in [6.45, 7) is 4.82. The number of alkyl halides is 1. The Balaban J connectivity index is 2.50. The fourth-order valence-electron chi connectivity index (χ4n) is 0.970. The van der Waals surface area contributed by atoms with Crippen LogP contribution in [0, 0.1) is 13.8 Å². The topological polar surface area (TPSA) is 29.1 Å². The largest absolute Gasteiger partial charge is 0.350 e. The lowest BCUT2D eigenvalue weighted by molar-refractivity contribution is -0.118. The number of thiophene rings is 1. The van der Waals surface area contributed by atoms with Crippen molar-refractivity contribution in [1.82, 2.24) is 5.32 Å².